The van der Waals surface area contributed by atoms with E-state index in [-0.39, 0.29) is 29.8 Å². The van der Waals surface area contributed by atoms with Crippen molar-refractivity contribution in [3.63, 3.8) is 0 Å². The molecule has 0 bridgehead atoms. The van der Waals surface area contributed by atoms with Crippen molar-refractivity contribution in [2.75, 3.05) is 6.61 Å². The lowest BCUT2D eigenvalue weighted by Gasteiger charge is -2.17. The van der Waals surface area contributed by atoms with Gasteiger partial charge in [-0.3, -0.25) is 4.79 Å². The molecule has 0 aliphatic rings. The summed E-state index contributed by atoms with van der Waals surface area (Å²) in [6.07, 6.45) is 0.622. The number of hydrogen-bond acceptors (Lipinski definition) is 2. The van der Waals surface area contributed by atoms with Crippen molar-refractivity contribution >= 4 is 17.5 Å². The first-order chi connectivity index (χ1) is 11.0. The van der Waals surface area contributed by atoms with E-state index in [4.69, 9.17) is 11.6 Å². The third-order valence-electron chi connectivity index (χ3n) is 3.42. The smallest absolute Gasteiger partial charge is 0.220 e. The highest BCUT2D eigenvalue weighted by molar-refractivity contribution is 6.30. The minimum Gasteiger partial charge on any atom is -0.394 e. The van der Waals surface area contributed by atoms with Crippen molar-refractivity contribution in [3.8, 4) is 0 Å². The predicted molar refractivity (Wildman–Crippen MR) is 84.1 cm³/mol. The molecule has 0 heterocycles. The van der Waals surface area contributed by atoms with Crippen LogP contribution in [0.2, 0.25) is 5.02 Å². The Morgan fingerprint density at radius 1 is 1.17 bits per heavy atom. The second-order valence-corrected chi connectivity index (χ2v) is 5.51. The molecule has 0 spiro atoms. The van der Waals surface area contributed by atoms with Gasteiger partial charge in [0.1, 0.15) is 11.6 Å². The van der Waals surface area contributed by atoms with Crippen LogP contribution in [0.25, 0.3) is 0 Å². The fraction of sp³-hybridized carbons (Fsp3) is 0.235. The van der Waals surface area contributed by atoms with Gasteiger partial charge in [0.25, 0.3) is 0 Å². The van der Waals surface area contributed by atoms with Crippen LogP contribution >= 0.6 is 11.6 Å². The number of halogens is 3. The lowest BCUT2D eigenvalue weighted by molar-refractivity contribution is -0.122. The van der Waals surface area contributed by atoms with Crippen LogP contribution in [0.1, 0.15) is 23.6 Å². The van der Waals surface area contributed by atoms with Crippen molar-refractivity contribution in [1.29, 1.82) is 0 Å². The lowest BCUT2D eigenvalue weighted by Crippen LogP contribution is -2.31. The van der Waals surface area contributed by atoms with E-state index in [1.165, 1.54) is 24.3 Å². The van der Waals surface area contributed by atoms with Crippen molar-refractivity contribution in [2.24, 2.45) is 0 Å². The summed E-state index contributed by atoms with van der Waals surface area (Å²) in [6, 6.07) is 9.29. The molecule has 2 aromatic carbocycles. The summed E-state index contributed by atoms with van der Waals surface area (Å²) in [5, 5.41) is 12.0. The van der Waals surface area contributed by atoms with Crippen LogP contribution in [-0.2, 0) is 11.2 Å². The number of benzene rings is 2. The summed E-state index contributed by atoms with van der Waals surface area (Å²) in [5.41, 5.74) is 1.27. The summed E-state index contributed by atoms with van der Waals surface area (Å²) in [5.74, 6) is -1.23. The zero-order chi connectivity index (χ0) is 16.8. The molecule has 1 unspecified atom stereocenters. The summed E-state index contributed by atoms with van der Waals surface area (Å²) in [4.78, 5) is 12.0. The Labute approximate surface area is 137 Å². The van der Waals surface area contributed by atoms with Crippen molar-refractivity contribution in [2.45, 2.75) is 18.9 Å². The van der Waals surface area contributed by atoms with E-state index in [9.17, 15) is 18.7 Å². The lowest BCUT2D eigenvalue weighted by atomic mass is 10.1. The molecule has 1 atom stereocenters. The van der Waals surface area contributed by atoms with E-state index in [2.05, 4.69) is 5.32 Å². The Kier molecular flexibility index (Phi) is 6.07. The monoisotopic (exact) mass is 339 g/mol. The summed E-state index contributed by atoms with van der Waals surface area (Å²) < 4.78 is 26.3. The Balaban J connectivity index is 1.94. The molecule has 3 nitrogen and oxygen atoms in total. The first-order valence-corrected chi connectivity index (χ1v) is 7.47. The van der Waals surface area contributed by atoms with E-state index >= 15 is 0 Å². The van der Waals surface area contributed by atoms with Crippen LogP contribution < -0.4 is 5.32 Å². The quantitative estimate of drug-likeness (QED) is 0.847. The van der Waals surface area contributed by atoms with E-state index in [1.54, 1.807) is 18.2 Å². The van der Waals surface area contributed by atoms with Gasteiger partial charge in [0, 0.05) is 6.42 Å². The summed E-state index contributed by atoms with van der Waals surface area (Å²) in [7, 11) is 0. The van der Waals surface area contributed by atoms with Gasteiger partial charge >= 0.3 is 0 Å². The maximum Gasteiger partial charge on any atom is 0.220 e. The molecule has 0 aliphatic heterocycles. The molecule has 23 heavy (non-hydrogen) atoms. The standard InChI is InChI=1S/C17H16ClF2NO2/c18-14-7-4-12(9-15(14)20)16(10-22)21-17(23)8-3-11-1-5-13(19)6-2-11/h1-2,4-7,9,16,22H,3,8,10H2,(H,21,23). The molecular formula is C17H16ClF2NO2. The molecule has 0 radical (unpaired) electrons. The Morgan fingerprint density at radius 2 is 1.87 bits per heavy atom. The number of aliphatic hydroxyl groups is 1. The third-order valence-corrected chi connectivity index (χ3v) is 3.72. The highest BCUT2D eigenvalue weighted by Crippen LogP contribution is 2.20. The first-order valence-electron chi connectivity index (χ1n) is 7.09. The van der Waals surface area contributed by atoms with Gasteiger partial charge in [-0.15, -0.1) is 0 Å². The zero-order valence-corrected chi connectivity index (χ0v) is 13.0. The van der Waals surface area contributed by atoms with Crippen molar-refractivity contribution in [3.05, 3.63) is 70.2 Å². The number of aryl methyl sites for hydroxylation is 1. The average Bonchev–Trinajstić information content (AvgIpc) is 2.55. The fourth-order valence-corrected chi connectivity index (χ4v) is 2.26. The maximum atomic E-state index is 13.5. The zero-order valence-electron chi connectivity index (χ0n) is 12.2. The number of nitrogens with one attached hydrogen (secondary N) is 1. The molecule has 6 heteroatoms. The normalized spacial score (nSPS) is 12.0. The van der Waals surface area contributed by atoms with E-state index < -0.39 is 11.9 Å². The van der Waals surface area contributed by atoms with E-state index in [1.807, 2.05) is 0 Å². The second-order valence-electron chi connectivity index (χ2n) is 5.10. The maximum absolute atomic E-state index is 13.5. The largest absolute Gasteiger partial charge is 0.394 e. The van der Waals surface area contributed by atoms with Gasteiger partial charge in [0.15, 0.2) is 0 Å². The van der Waals surface area contributed by atoms with Crippen LogP contribution in [0.5, 0.6) is 0 Å². The van der Waals surface area contributed by atoms with Crippen LogP contribution in [0, 0.1) is 11.6 Å². The highest BCUT2D eigenvalue weighted by atomic mass is 35.5. The number of hydrogen-bond donors (Lipinski definition) is 2. The fourth-order valence-electron chi connectivity index (χ4n) is 2.14. The van der Waals surface area contributed by atoms with Gasteiger partial charge < -0.3 is 10.4 Å². The second kappa shape index (κ2) is 8.04. The van der Waals surface area contributed by atoms with Crippen LogP contribution in [0.4, 0.5) is 8.78 Å². The van der Waals surface area contributed by atoms with Crippen LogP contribution in [0.3, 0.4) is 0 Å². The minimum absolute atomic E-state index is 0.0203. The molecule has 2 aromatic rings. The SMILES string of the molecule is O=C(CCc1ccc(F)cc1)NC(CO)c1ccc(Cl)c(F)c1. The molecule has 122 valence electrons. The van der Waals surface area contributed by atoms with E-state index in [0.29, 0.717) is 12.0 Å². The molecule has 1 amide bonds. The number of carbonyl (C=O) groups is 1. The van der Waals surface area contributed by atoms with Gasteiger partial charge in [-0.1, -0.05) is 29.8 Å². The van der Waals surface area contributed by atoms with E-state index in [0.717, 1.165) is 5.56 Å². The van der Waals surface area contributed by atoms with Gasteiger partial charge in [0.2, 0.25) is 5.91 Å². The van der Waals surface area contributed by atoms with Gasteiger partial charge in [0.05, 0.1) is 17.7 Å². The topological polar surface area (TPSA) is 49.3 Å². The highest BCUT2D eigenvalue weighted by Gasteiger charge is 2.15. The van der Waals surface area contributed by atoms with Gasteiger partial charge in [-0.05, 0) is 41.8 Å². The number of aliphatic hydroxyl groups excluding tert-OH is 1. The molecule has 2 rings (SSSR count). The average molecular weight is 340 g/mol. The third kappa shape index (κ3) is 5.01. The van der Waals surface area contributed by atoms with Gasteiger partial charge in [-0.2, -0.15) is 0 Å². The van der Waals surface area contributed by atoms with Crippen molar-refractivity contribution < 1.29 is 18.7 Å². The predicted octanol–water partition coefficient (Wildman–Crippen LogP) is 3.40. The Bertz CT molecular complexity index is 677. The van der Waals surface area contributed by atoms with Crippen LogP contribution in [0.15, 0.2) is 42.5 Å². The first kappa shape index (κ1) is 17.4. The summed E-state index contributed by atoms with van der Waals surface area (Å²) in [6.45, 7) is -0.358. The molecule has 0 aliphatic carbocycles. The molecule has 0 saturated carbocycles. The number of amides is 1. The number of rotatable bonds is 6. The molecule has 2 N–H and O–H groups in total. The van der Waals surface area contributed by atoms with Crippen LogP contribution in [-0.4, -0.2) is 17.6 Å². The Hall–Kier alpha value is -1.98. The van der Waals surface area contributed by atoms with Gasteiger partial charge in [-0.25, -0.2) is 8.78 Å². The molecule has 0 saturated heterocycles. The van der Waals surface area contributed by atoms with Crippen molar-refractivity contribution in [1.82, 2.24) is 5.32 Å². The molecule has 0 fully saturated rings. The Morgan fingerprint density at radius 3 is 2.48 bits per heavy atom. The number of carbonyl (C=O) groups excluding carboxylic acids is 1. The summed E-state index contributed by atoms with van der Waals surface area (Å²) >= 11 is 5.61. The minimum atomic E-state index is -0.706. The molecule has 0 aromatic heterocycles. The molecular weight excluding hydrogens is 324 g/mol.